The summed E-state index contributed by atoms with van der Waals surface area (Å²) in [5.74, 6) is -1.29. The van der Waals surface area contributed by atoms with Gasteiger partial charge in [-0.15, -0.1) is 0 Å². The molecule has 37 heavy (non-hydrogen) atoms. The van der Waals surface area contributed by atoms with Gasteiger partial charge in [0.1, 0.15) is 23.2 Å². The molecule has 3 aromatic rings. The van der Waals surface area contributed by atoms with Crippen LogP contribution in [0.25, 0.3) is 23.0 Å². The van der Waals surface area contributed by atoms with Crippen LogP contribution >= 0.6 is 23.2 Å². The summed E-state index contributed by atoms with van der Waals surface area (Å²) in [7, 11) is -3.40. The minimum atomic E-state index is -3.40. The van der Waals surface area contributed by atoms with E-state index < -0.39 is 27.7 Å². The van der Waals surface area contributed by atoms with E-state index in [9.17, 15) is 23.3 Å². The van der Waals surface area contributed by atoms with Gasteiger partial charge < -0.3 is 4.42 Å². The van der Waals surface area contributed by atoms with Crippen LogP contribution in [0.3, 0.4) is 0 Å². The Hall–Kier alpha value is -3.64. The van der Waals surface area contributed by atoms with Crippen molar-refractivity contribution in [1.29, 1.82) is 5.26 Å². The van der Waals surface area contributed by atoms with E-state index in [1.807, 2.05) is 6.07 Å². The van der Waals surface area contributed by atoms with E-state index in [0.29, 0.717) is 26.9 Å². The average molecular weight is 553 g/mol. The minimum absolute atomic E-state index is 0.0461. The Kier molecular flexibility index (Phi) is 6.54. The lowest BCUT2D eigenvalue weighted by Crippen LogP contribution is -2.49. The maximum absolute atomic E-state index is 13.8. The SMILES string of the molecule is N#CC1=C(c2ccccc2)/C(=C\c2ccc(-c3cccc(Cl)c3Cl)o2)C(=O)N([C@H]2CCS(=O)(=O)C2)C1=O. The number of halogens is 2. The molecular formula is C27H18Cl2N2O5S. The van der Waals surface area contributed by atoms with Crippen LogP contribution in [0.1, 0.15) is 17.7 Å². The molecule has 186 valence electrons. The highest BCUT2D eigenvalue weighted by Gasteiger charge is 2.45. The van der Waals surface area contributed by atoms with Gasteiger partial charge in [-0.3, -0.25) is 14.5 Å². The summed E-state index contributed by atoms with van der Waals surface area (Å²) < 4.78 is 30.2. The molecule has 0 spiro atoms. The summed E-state index contributed by atoms with van der Waals surface area (Å²) in [6.45, 7) is 0. The van der Waals surface area contributed by atoms with Crippen molar-refractivity contribution in [3.8, 4) is 17.4 Å². The Balaban J connectivity index is 1.66. The molecule has 7 nitrogen and oxygen atoms in total. The number of nitriles is 1. The van der Waals surface area contributed by atoms with Gasteiger partial charge in [0.15, 0.2) is 9.84 Å². The van der Waals surface area contributed by atoms with Gasteiger partial charge in [0.2, 0.25) is 0 Å². The van der Waals surface area contributed by atoms with Gasteiger partial charge in [0.05, 0.1) is 33.2 Å². The van der Waals surface area contributed by atoms with E-state index in [1.165, 1.54) is 6.08 Å². The summed E-state index contributed by atoms with van der Waals surface area (Å²) in [5, 5.41) is 10.6. The number of nitrogens with zero attached hydrogens (tertiary/aromatic N) is 2. The van der Waals surface area contributed by atoms with Crippen molar-refractivity contribution in [3.05, 3.63) is 93.2 Å². The molecule has 1 aromatic heterocycles. The van der Waals surface area contributed by atoms with Crippen LogP contribution in [-0.4, -0.2) is 42.7 Å². The van der Waals surface area contributed by atoms with Crippen molar-refractivity contribution >= 4 is 56.5 Å². The molecule has 0 aliphatic carbocycles. The highest BCUT2D eigenvalue weighted by molar-refractivity contribution is 7.91. The van der Waals surface area contributed by atoms with Gasteiger partial charge >= 0.3 is 0 Å². The third-order valence-electron chi connectivity index (χ3n) is 6.28. The molecule has 5 rings (SSSR count). The van der Waals surface area contributed by atoms with Crippen molar-refractivity contribution in [1.82, 2.24) is 4.90 Å². The molecule has 1 atom stereocenters. The fourth-order valence-corrected chi connectivity index (χ4v) is 6.65. The number of carbonyl (C=O) groups excluding carboxylic acids is 2. The van der Waals surface area contributed by atoms with E-state index in [1.54, 1.807) is 60.7 Å². The Morgan fingerprint density at radius 2 is 1.76 bits per heavy atom. The number of hydrogen-bond acceptors (Lipinski definition) is 6. The number of hydrogen-bond donors (Lipinski definition) is 0. The predicted molar refractivity (Wildman–Crippen MR) is 140 cm³/mol. The molecule has 0 saturated carbocycles. The zero-order valence-corrected chi connectivity index (χ0v) is 21.5. The molecule has 1 saturated heterocycles. The van der Waals surface area contributed by atoms with Gasteiger partial charge in [-0.05, 0) is 42.3 Å². The third kappa shape index (κ3) is 4.62. The summed E-state index contributed by atoms with van der Waals surface area (Å²) in [6, 6.07) is 18.1. The maximum Gasteiger partial charge on any atom is 0.272 e. The highest BCUT2D eigenvalue weighted by Crippen LogP contribution is 2.38. The maximum atomic E-state index is 13.8. The van der Waals surface area contributed by atoms with Crippen LogP contribution < -0.4 is 0 Å². The first-order valence-corrected chi connectivity index (χ1v) is 13.8. The second kappa shape index (κ2) is 9.67. The van der Waals surface area contributed by atoms with Crippen LogP contribution in [0, 0.1) is 11.3 Å². The summed E-state index contributed by atoms with van der Waals surface area (Å²) in [6.07, 6.45) is 1.57. The fourth-order valence-electron chi connectivity index (χ4n) is 4.56. The Morgan fingerprint density at radius 3 is 2.43 bits per heavy atom. The van der Waals surface area contributed by atoms with Gasteiger partial charge in [-0.25, -0.2) is 8.42 Å². The molecule has 2 aliphatic heterocycles. The predicted octanol–water partition coefficient (Wildman–Crippen LogP) is 5.17. The molecule has 2 aliphatic rings. The van der Waals surface area contributed by atoms with Gasteiger partial charge in [-0.1, -0.05) is 59.6 Å². The lowest BCUT2D eigenvalue weighted by atomic mass is 9.87. The first kappa shape index (κ1) is 25.0. The van der Waals surface area contributed by atoms with Crippen molar-refractivity contribution in [2.75, 3.05) is 11.5 Å². The molecular weight excluding hydrogens is 535 g/mol. The van der Waals surface area contributed by atoms with Crippen LogP contribution in [0.5, 0.6) is 0 Å². The van der Waals surface area contributed by atoms with E-state index in [4.69, 9.17) is 27.6 Å². The largest absolute Gasteiger partial charge is 0.457 e. The summed E-state index contributed by atoms with van der Waals surface area (Å²) in [4.78, 5) is 28.0. The van der Waals surface area contributed by atoms with E-state index in [-0.39, 0.29) is 40.4 Å². The number of sulfone groups is 1. The smallest absolute Gasteiger partial charge is 0.272 e. The molecule has 2 aromatic carbocycles. The number of imide groups is 1. The van der Waals surface area contributed by atoms with Crippen LogP contribution in [0.4, 0.5) is 0 Å². The highest BCUT2D eigenvalue weighted by atomic mass is 35.5. The quantitative estimate of drug-likeness (QED) is 0.326. The van der Waals surface area contributed by atoms with Crippen molar-refractivity contribution in [3.63, 3.8) is 0 Å². The van der Waals surface area contributed by atoms with E-state index in [2.05, 4.69) is 0 Å². The molecule has 0 radical (unpaired) electrons. The van der Waals surface area contributed by atoms with Crippen LogP contribution in [0.15, 0.2) is 76.2 Å². The number of benzene rings is 2. The minimum Gasteiger partial charge on any atom is -0.457 e. The fraction of sp³-hybridized carbons (Fsp3) is 0.148. The van der Waals surface area contributed by atoms with E-state index in [0.717, 1.165) is 4.90 Å². The zero-order chi connectivity index (χ0) is 26.3. The standard InChI is InChI=1S/C27H18Cl2N2O5S/c28-22-8-4-7-19(25(22)29)23-10-9-18(36-23)13-20-24(16-5-2-1-3-6-16)21(14-30)27(33)31(26(20)32)17-11-12-37(34,35)15-17/h1-10,13,17H,11-12,15H2/b20-13+/t17-/m0/s1. The lowest BCUT2D eigenvalue weighted by Gasteiger charge is -2.32. The third-order valence-corrected chi connectivity index (χ3v) is 8.85. The molecule has 10 heteroatoms. The number of carbonyl (C=O) groups is 2. The lowest BCUT2D eigenvalue weighted by molar-refractivity contribution is -0.142. The average Bonchev–Trinajstić information content (AvgIpc) is 3.48. The number of furan rings is 1. The van der Waals surface area contributed by atoms with Crippen LogP contribution in [0.2, 0.25) is 10.0 Å². The van der Waals surface area contributed by atoms with Gasteiger partial charge in [-0.2, -0.15) is 5.26 Å². The summed E-state index contributed by atoms with van der Waals surface area (Å²) >= 11 is 12.5. The Labute approximate surface area is 223 Å². The van der Waals surface area contributed by atoms with Crippen molar-refractivity contribution in [2.45, 2.75) is 12.5 Å². The van der Waals surface area contributed by atoms with Gasteiger partial charge in [0.25, 0.3) is 11.8 Å². The van der Waals surface area contributed by atoms with Crippen molar-refractivity contribution < 1.29 is 22.4 Å². The molecule has 2 amide bonds. The number of amides is 2. The molecule has 0 bridgehead atoms. The second-order valence-corrected chi connectivity index (χ2v) is 11.6. The summed E-state index contributed by atoms with van der Waals surface area (Å²) in [5.41, 5.74) is 1.01. The first-order valence-electron chi connectivity index (χ1n) is 11.2. The monoisotopic (exact) mass is 552 g/mol. The number of rotatable bonds is 4. The normalized spacial score (nSPS) is 20.5. The molecule has 1 fully saturated rings. The molecule has 0 unspecified atom stereocenters. The van der Waals surface area contributed by atoms with Crippen LogP contribution in [-0.2, 0) is 19.4 Å². The Bertz CT molecular complexity index is 1650. The van der Waals surface area contributed by atoms with Gasteiger partial charge in [0, 0.05) is 11.1 Å². The van der Waals surface area contributed by atoms with E-state index >= 15 is 0 Å². The second-order valence-electron chi connectivity index (χ2n) is 8.63. The first-order chi connectivity index (χ1) is 17.7. The zero-order valence-electron chi connectivity index (χ0n) is 19.1. The molecule has 0 N–H and O–H groups in total. The Morgan fingerprint density at radius 1 is 1.00 bits per heavy atom. The topological polar surface area (TPSA) is 108 Å². The van der Waals surface area contributed by atoms with Crippen molar-refractivity contribution in [2.24, 2.45) is 0 Å². The molecule has 3 heterocycles.